The Morgan fingerprint density at radius 1 is 0.400 bits per heavy atom. The van der Waals surface area contributed by atoms with E-state index in [2.05, 4.69) is 135 Å². The molecule has 0 rings (SSSR count). The third-order valence-corrected chi connectivity index (χ3v) is 14.4. The molecule has 0 amide bonds. The lowest BCUT2D eigenvalue weighted by molar-refractivity contribution is -0.870. The molecule has 0 bridgehead atoms. The van der Waals surface area contributed by atoms with Crippen LogP contribution in [0.15, 0.2) is 122 Å². The van der Waals surface area contributed by atoms with Gasteiger partial charge in [0.1, 0.15) is 19.8 Å². The topological polar surface area (TPSA) is 111 Å². The van der Waals surface area contributed by atoms with Gasteiger partial charge in [0, 0.05) is 12.8 Å². The van der Waals surface area contributed by atoms with Crippen LogP contribution in [0.3, 0.4) is 0 Å². The molecular formula is C70H120NO8P. The number of phosphoric acid groups is 1. The molecule has 0 aromatic heterocycles. The molecule has 0 aromatic carbocycles. The molecule has 2 atom stereocenters. The first-order valence-electron chi connectivity index (χ1n) is 32.2. The number of esters is 2. The van der Waals surface area contributed by atoms with Crippen molar-refractivity contribution in [3.8, 4) is 0 Å². The number of carbonyl (C=O) groups excluding carboxylic acids is 2. The smallest absolute Gasteiger partial charge is 0.306 e. The number of ether oxygens (including phenoxy) is 2. The highest BCUT2D eigenvalue weighted by atomic mass is 31.2. The highest BCUT2D eigenvalue weighted by Crippen LogP contribution is 2.38. The number of rotatable bonds is 58. The number of unbranched alkanes of at least 4 members (excludes halogenated alkanes) is 24. The van der Waals surface area contributed by atoms with Gasteiger partial charge in [-0.2, -0.15) is 0 Å². The second-order valence-corrected chi connectivity index (χ2v) is 23.8. The number of hydrogen-bond donors (Lipinski definition) is 0. The van der Waals surface area contributed by atoms with Gasteiger partial charge in [0.2, 0.25) is 0 Å². The van der Waals surface area contributed by atoms with Crippen molar-refractivity contribution in [1.82, 2.24) is 0 Å². The van der Waals surface area contributed by atoms with Crippen molar-refractivity contribution < 1.29 is 42.1 Å². The summed E-state index contributed by atoms with van der Waals surface area (Å²) in [7, 11) is 1.13. The van der Waals surface area contributed by atoms with Crippen molar-refractivity contribution >= 4 is 19.8 Å². The summed E-state index contributed by atoms with van der Waals surface area (Å²) in [5, 5.41) is 0. The number of allylic oxidation sites excluding steroid dienone is 20. The number of nitrogens with zero attached hydrogens (tertiary/aromatic N) is 1. The first kappa shape index (κ1) is 76.4. The Labute approximate surface area is 492 Å². The Hall–Kier alpha value is -3.59. The van der Waals surface area contributed by atoms with E-state index in [4.69, 9.17) is 18.5 Å². The van der Waals surface area contributed by atoms with Gasteiger partial charge in [-0.05, 0) is 109 Å². The molecule has 0 saturated carbocycles. The molecule has 0 aromatic rings. The first-order valence-corrected chi connectivity index (χ1v) is 33.7. The van der Waals surface area contributed by atoms with Gasteiger partial charge in [-0.25, -0.2) is 0 Å². The molecule has 0 heterocycles. The van der Waals surface area contributed by atoms with E-state index in [1.54, 1.807) is 0 Å². The lowest BCUT2D eigenvalue weighted by Crippen LogP contribution is -2.37. The number of phosphoric ester groups is 1. The molecule has 0 aliphatic heterocycles. The molecule has 0 aliphatic carbocycles. The normalized spacial score (nSPS) is 14.0. The van der Waals surface area contributed by atoms with Gasteiger partial charge in [-0.3, -0.25) is 14.2 Å². The van der Waals surface area contributed by atoms with Crippen molar-refractivity contribution in [2.75, 3.05) is 47.5 Å². The second-order valence-electron chi connectivity index (χ2n) is 22.4. The van der Waals surface area contributed by atoms with Crippen molar-refractivity contribution in [2.24, 2.45) is 0 Å². The predicted octanol–water partition coefficient (Wildman–Crippen LogP) is 20.1. The predicted molar refractivity (Wildman–Crippen MR) is 341 cm³/mol. The Bertz CT molecular complexity index is 1760. The lowest BCUT2D eigenvalue weighted by atomic mass is 10.0. The van der Waals surface area contributed by atoms with Crippen LogP contribution in [-0.2, 0) is 32.7 Å². The maximum Gasteiger partial charge on any atom is 0.306 e. The van der Waals surface area contributed by atoms with Gasteiger partial charge < -0.3 is 27.9 Å². The van der Waals surface area contributed by atoms with Crippen LogP contribution >= 0.6 is 7.82 Å². The van der Waals surface area contributed by atoms with Gasteiger partial charge in [0.05, 0.1) is 27.7 Å². The molecule has 0 N–H and O–H groups in total. The van der Waals surface area contributed by atoms with Crippen LogP contribution in [-0.4, -0.2) is 70.0 Å². The van der Waals surface area contributed by atoms with Crippen LogP contribution in [0.25, 0.3) is 0 Å². The fourth-order valence-electron chi connectivity index (χ4n) is 8.53. The Morgan fingerprint density at radius 2 is 0.713 bits per heavy atom. The van der Waals surface area contributed by atoms with Crippen LogP contribution in [0.2, 0.25) is 0 Å². The summed E-state index contributed by atoms with van der Waals surface area (Å²) >= 11 is 0. The zero-order valence-corrected chi connectivity index (χ0v) is 52.9. The molecule has 0 radical (unpaired) electrons. The summed E-state index contributed by atoms with van der Waals surface area (Å²) in [6.45, 7) is 4.09. The number of quaternary nitrogens is 1. The van der Waals surface area contributed by atoms with E-state index in [0.717, 1.165) is 96.3 Å². The Balaban J connectivity index is 4.22. The van der Waals surface area contributed by atoms with E-state index in [1.807, 2.05) is 21.1 Å². The largest absolute Gasteiger partial charge is 0.756 e. The van der Waals surface area contributed by atoms with Crippen LogP contribution < -0.4 is 4.89 Å². The molecule has 0 aliphatic rings. The standard InChI is InChI=1S/C70H120NO8P/c1-6-8-10-12-14-16-18-20-22-24-26-28-30-32-33-34-35-36-37-39-41-43-45-47-49-51-53-55-57-59-61-63-70(73)79-68(67-78-80(74,75)77-65-64-71(3,4)5)66-76-69(72)62-60-58-56-54-52-50-48-46-44-42-40-38-31-29-27-25-23-21-19-17-15-13-11-9-7-2/h8,10,14,16,20,22,25-28,32-33,35-36,39,41,45,47,51,53,68H,6-7,9,11-13,15,17-19,21,23-24,29-31,34,37-38,40,42-44,46,48-50,52,54-67H2,1-5H3/b10-8-,16-14-,22-20-,27-25-,28-26-,33-32-,36-35-,41-39-,47-45-,53-51-. The Kier molecular flexibility index (Phi) is 57.3. The van der Waals surface area contributed by atoms with Gasteiger partial charge in [0.25, 0.3) is 7.82 Å². The highest BCUT2D eigenvalue weighted by Gasteiger charge is 2.22. The average molecular weight is 1130 g/mol. The summed E-state index contributed by atoms with van der Waals surface area (Å²) in [5.74, 6) is -0.874. The van der Waals surface area contributed by atoms with E-state index >= 15 is 0 Å². The van der Waals surface area contributed by atoms with Crippen LogP contribution in [0, 0.1) is 0 Å². The molecular weight excluding hydrogens is 1010 g/mol. The fourth-order valence-corrected chi connectivity index (χ4v) is 9.25. The molecule has 10 heteroatoms. The van der Waals surface area contributed by atoms with E-state index in [-0.39, 0.29) is 26.1 Å². The van der Waals surface area contributed by atoms with E-state index in [0.29, 0.717) is 17.4 Å². The summed E-state index contributed by atoms with van der Waals surface area (Å²) < 4.78 is 34.2. The van der Waals surface area contributed by atoms with Crippen molar-refractivity contribution in [3.05, 3.63) is 122 Å². The van der Waals surface area contributed by atoms with E-state index in [1.165, 1.54) is 128 Å². The van der Waals surface area contributed by atoms with Crippen LogP contribution in [0.5, 0.6) is 0 Å². The molecule has 0 spiro atoms. The van der Waals surface area contributed by atoms with Gasteiger partial charge >= 0.3 is 11.9 Å². The van der Waals surface area contributed by atoms with Crippen molar-refractivity contribution in [2.45, 2.75) is 264 Å². The lowest BCUT2D eigenvalue weighted by Gasteiger charge is -2.28. The monoisotopic (exact) mass is 1130 g/mol. The quantitative estimate of drug-likeness (QED) is 0.0195. The van der Waals surface area contributed by atoms with Crippen molar-refractivity contribution in [3.63, 3.8) is 0 Å². The summed E-state index contributed by atoms with van der Waals surface area (Å²) in [4.78, 5) is 38.0. The summed E-state index contributed by atoms with van der Waals surface area (Å²) in [6, 6.07) is 0. The van der Waals surface area contributed by atoms with Crippen LogP contribution in [0.1, 0.15) is 258 Å². The maximum absolute atomic E-state index is 12.8. The highest BCUT2D eigenvalue weighted by molar-refractivity contribution is 7.45. The summed E-state index contributed by atoms with van der Waals surface area (Å²) in [6.07, 6.45) is 85.5. The van der Waals surface area contributed by atoms with Gasteiger partial charge in [-0.1, -0.05) is 257 Å². The number of likely N-dealkylation sites (N-methyl/N-ethyl adjacent to an activating group) is 1. The molecule has 9 nitrogen and oxygen atoms in total. The van der Waals surface area contributed by atoms with E-state index in [9.17, 15) is 19.0 Å². The molecule has 2 unspecified atom stereocenters. The Morgan fingerprint density at radius 3 is 1.09 bits per heavy atom. The SMILES string of the molecule is CC/C=C\C/C=C\C/C=C\C/C=C\C/C=C\C/C=C\C/C=C\C/C=C\C/C=C\CCCCCC(=O)OC(COC(=O)CCCCCCCCCCCCCCC/C=C\CCCCCCCCCC)COP(=O)([O-])OCC[N+](C)(C)C. The molecule has 80 heavy (non-hydrogen) atoms. The summed E-state index contributed by atoms with van der Waals surface area (Å²) in [5.41, 5.74) is 0. The second kappa shape index (κ2) is 60.0. The fraction of sp³-hybridized carbons (Fsp3) is 0.686. The first-order chi connectivity index (χ1) is 39.0. The van der Waals surface area contributed by atoms with Gasteiger partial charge in [-0.15, -0.1) is 0 Å². The van der Waals surface area contributed by atoms with Gasteiger partial charge in [0.15, 0.2) is 6.10 Å². The van der Waals surface area contributed by atoms with E-state index < -0.39 is 32.5 Å². The average Bonchev–Trinajstić information content (AvgIpc) is 3.42. The van der Waals surface area contributed by atoms with Crippen LogP contribution in [0.4, 0.5) is 0 Å². The third-order valence-electron chi connectivity index (χ3n) is 13.5. The molecule has 0 saturated heterocycles. The molecule has 458 valence electrons. The maximum atomic E-state index is 12.8. The zero-order chi connectivity index (χ0) is 58.4. The third kappa shape index (κ3) is 63.6. The number of carbonyl (C=O) groups is 2. The van der Waals surface area contributed by atoms with Crippen molar-refractivity contribution in [1.29, 1.82) is 0 Å². The minimum atomic E-state index is -4.66. The minimum Gasteiger partial charge on any atom is -0.756 e. The zero-order valence-electron chi connectivity index (χ0n) is 52.0. The minimum absolute atomic E-state index is 0.0435. The number of hydrogen-bond acceptors (Lipinski definition) is 8. The molecule has 0 fully saturated rings.